The third-order valence-corrected chi connectivity index (χ3v) is 10.9. The lowest BCUT2D eigenvalue weighted by Crippen LogP contribution is -2.67. The van der Waals surface area contributed by atoms with Gasteiger partial charge in [-0.1, -0.05) is 11.6 Å². The van der Waals surface area contributed by atoms with Crippen LogP contribution >= 0.6 is 11.6 Å². The fourth-order valence-corrected chi connectivity index (χ4v) is 8.42. The van der Waals surface area contributed by atoms with Gasteiger partial charge in [0, 0.05) is 37.7 Å². The molecular formula is C31H32ClF5N6O3. The molecule has 5 aliphatic rings. The Morgan fingerprint density at radius 2 is 1.91 bits per heavy atom. The van der Waals surface area contributed by atoms with Crippen LogP contribution in [0.15, 0.2) is 12.1 Å². The number of rotatable bonds is 4. The van der Waals surface area contributed by atoms with Gasteiger partial charge in [0.1, 0.15) is 40.8 Å². The van der Waals surface area contributed by atoms with Crippen molar-refractivity contribution in [3.8, 4) is 23.1 Å². The first-order valence-corrected chi connectivity index (χ1v) is 15.8. The molecule has 0 radical (unpaired) electrons. The molecule has 8 rings (SSSR count). The van der Waals surface area contributed by atoms with E-state index < -0.39 is 56.7 Å². The lowest BCUT2D eigenvalue weighted by molar-refractivity contribution is -0.137. The normalized spacial score (nSPS) is 26.4. The van der Waals surface area contributed by atoms with E-state index in [0.717, 1.165) is 37.9 Å². The summed E-state index contributed by atoms with van der Waals surface area (Å²) in [5.41, 5.74) is 1.18. The molecular weight excluding hydrogens is 635 g/mol. The van der Waals surface area contributed by atoms with Crippen molar-refractivity contribution in [2.45, 2.75) is 74.0 Å². The molecule has 2 spiro atoms. The van der Waals surface area contributed by atoms with Gasteiger partial charge in [-0.15, -0.1) is 0 Å². The van der Waals surface area contributed by atoms with E-state index >= 15 is 4.39 Å². The summed E-state index contributed by atoms with van der Waals surface area (Å²) < 4.78 is 92.8. The number of pyridine rings is 1. The Balaban J connectivity index is 1.34. The SMILES string of the molecule is CN1c2nc(OC[C@@]34CCCN3C[C@H](F)C4)nc3c(F)c(-c4cc(N)cc(Cl)c4C(F)(F)F)nc(c23)OC2(CCC2)CC12COC2. The summed E-state index contributed by atoms with van der Waals surface area (Å²) in [6.45, 7) is 1.90. The van der Waals surface area contributed by atoms with E-state index in [-0.39, 0.29) is 40.9 Å². The number of nitrogens with two attached hydrogens (primary N) is 1. The van der Waals surface area contributed by atoms with Crippen LogP contribution in [0.1, 0.15) is 50.5 Å². The topological polar surface area (TPSA) is 98.9 Å². The lowest BCUT2D eigenvalue weighted by atomic mass is 9.70. The van der Waals surface area contributed by atoms with E-state index in [4.69, 9.17) is 36.5 Å². The van der Waals surface area contributed by atoms with Crippen LogP contribution < -0.4 is 20.1 Å². The Bertz CT molecular complexity index is 1750. The minimum absolute atomic E-state index is 0.0748. The Morgan fingerprint density at radius 1 is 1.13 bits per heavy atom. The van der Waals surface area contributed by atoms with Gasteiger partial charge in [0.15, 0.2) is 5.82 Å². The van der Waals surface area contributed by atoms with Gasteiger partial charge in [0.05, 0.1) is 34.9 Å². The third kappa shape index (κ3) is 4.50. The molecule has 3 saturated heterocycles. The van der Waals surface area contributed by atoms with Crippen molar-refractivity contribution >= 4 is 34.0 Å². The highest BCUT2D eigenvalue weighted by Crippen LogP contribution is 2.52. The highest BCUT2D eigenvalue weighted by atomic mass is 35.5. The van der Waals surface area contributed by atoms with Crippen LogP contribution in [0, 0.1) is 5.82 Å². The second-order valence-corrected chi connectivity index (χ2v) is 13.9. The van der Waals surface area contributed by atoms with Gasteiger partial charge in [0.25, 0.3) is 0 Å². The monoisotopic (exact) mass is 666 g/mol. The van der Waals surface area contributed by atoms with Crippen LogP contribution in [0.5, 0.6) is 11.9 Å². The lowest BCUT2D eigenvalue weighted by Gasteiger charge is -2.56. The molecule has 9 nitrogen and oxygen atoms in total. The summed E-state index contributed by atoms with van der Waals surface area (Å²) in [5, 5.41) is -0.577. The quantitative estimate of drug-likeness (QED) is 0.268. The Kier molecular flexibility index (Phi) is 6.64. The minimum Gasteiger partial charge on any atom is -0.470 e. The second-order valence-electron chi connectivity index (χ2n) is 13.5. The largest absolute Gasteiger partial charge is 0.470 e. The number of hydrogen-bond acceptors (Lipinski definition) is 9. The summed E-state index contributed by atoms with van der Waals surface area (Å²) in [7, 11) is 1.82. The molecule has 46 heavy (non-hydrogen) atoms. The van der Waals surface area contributed by atoms with E-state index in [1.807, 2.05) is 11.9 Å². The second kappa shape index (κ2) is 10.1. The van der Waals surface area contributed by atoms with Crippen LogP contribution in [0.4, 0.5) is 33.5 Å². The van der Waals surface area contributed by atoms with Crippen molar-refractivity contribution in [3.63, 3.8) is 0 Å². The van der Waals surface area contributed by atoms with Crippen molar-refractivity contribution in [2.75, 3.05) is 50.6 Å². The summed E-state index contributed by atoms with van der Waals surface area (Å²) in [4.78, 5) is 17.5. The molecule has 0 bridgehead atoms. The number of fused-ring (bicyclic) bond motifs is 1. The molecule has 4 fully saturated rings. The van der Waals surface area contributed by atoms with E-state index in [1.165, 1.54) is 0 Å². The van der Waals surface area contributed by atoms with Gasteiger partial charge in [0.2, 0.25) is 5.88 Å². The summed E-state index contributed by atoms with van der Waals surface area (Å²) in [6, 6.07) is 1.77. The fraction of sp³-hybridized carbons (Fsp3) is 0.581. The van der Waals surface area contributed by atoms with Crippen LogP contribution in [0.25, 0.3) is 22.2 Å². The summed E-state index contributed by atoms with van der Waals surface area (Å²) >= 11 is 6.05. The molecule has 15 heteroatoms. The molecule has 1 saturated carbocycles. The standard InChI is InChI=1S/C31H32ClF5N6O3/c1-42-25-20-24(40-27(41-25)45-15-28-4-3-7-43(28)11-16(33)10-28)22(34)23(18-8-17(38)9-19(32)21(18)31(35,36)37)39-26(20)46-30(5-2-6-30)12-29(42)13-44-14-29/h8-9,16H,2-7,10-15,38H2,1H3/t16-,28+/m1/s1. The maximum atomic E-state index is 16.8. The number of benzene rings is 1. The average Bonchev–Trinajstić information content (AvgIpc) is 3.46. The molecule has 0 amide bonds. The number of ether oxygens (including phenoxy) is 3. The first-order chi connectivity index (χ1) is 21.8. The number of halogens is 6. The maximum absolute atomic E-state index is 16.8. The first-order valence-electron chi connectivity index (χ1n) is 15.4. The maximum Gasteiger partial charge on any atom is 0.418 e. The van der Waals surface area contributed by atoms with Gasteiger partial charge in [-0.3, -0.25) is 4.90 Å². The molecule has 246 valence electrons. The number of nitrogens with zero attached hydrogens (tertiary/aromatic N) is 5. The molecule has 2 atom stereocenters. The zero-order valence-corrected chi connectivity index (χ0v) is 25.8. The fourth-order valence-electron chi connectivity index (χ4n) is 8.08. The van der Waals surface area contributed by atoms with E-state index in [9.17, 15) is 17.6 Å². The van der Waals surface area contributed by atoms with Crippen LogP contribution in [0.2, 0.25) is 5.02 Å². The Labute approximate surface area is 266 Å². The van der Waals surface area contributed by atoms with E-state index in [2.05, 4.69) is 14.9 Å². The number of hydrogen-bond donors (Lipinski definition) is 1. The number of nitrogen functional groups attached to an aromatic ring is 1. The molecule has 1 aliphatic carbocycles. The van der Waals surface area contributed by atoms with E-state index in [1.54, 1.807) is 0 Å². The molecule has 6 heterocycles. The molecule has 2 aromatic heterocycles. The average molecular weight is 667 g/mol. The third-order valence-electron chi connectivity index (χ3n) is 10.6. The van der Waals surface area contributed by atoms with Gasteiger partial charge in [-0.25, -0.2) is 13.8 Å². The van der Waals surface area contributed by atoms with Crippen molar-refractivity contribution in [3.05, 3.63) is 28.5 Å². The van der Waals surface area contributed by atoms with Crippen molar-refractivity contribution in [1.29, 1.82) is 0 Å². The number of alkyl halides is 4. The highest BCUT2D eigenvalue weighted by Gasteiger charge is 2.55. The summed E-state index contributed by atoms with van der Waals surface area (Å²) in [6.07, 6.45) is -1.23. The number of anilines is 2. The van der Waals surface area contributed by atoms with Gasteiger partial charge >= 0.3 is 12.2 Å². The molecule has 4 aliphatic heterocycles. The van der Waals surface area contributed by atoms with Crippen molar-refractivity contribution < 1.29 is 36.2 Å². The van der Waals surface area contributed by atoms with Gasteiger partial charge < -0.3 is 24.8 Å². The van der Waals surface area contributed by atoms with Crippen LogP contribution in [-0.2, 0) is 10.9 Å². The van der Waals surface area contributed by atoms with Gasteiger partial charge in [-0.05, 0) is 50.8 Å². The molecule has 0 unspecified atom stereocenters. The molecule has 2 N–H and O–H groups in total. The van der Waals surface area contributed by atoms with Crippen molar-refractivity contribution in [2.24, 2.45) is 0 Å². The predicted octanol–water partition coefficient (Wildman–Crippen LogP) is 5.95. The minimum atomic E-state index is -4.95. The van der Waals surface area contributed by atoms with Crippen LogP contribution in [-0.4, -0.2) is 82.7 Å². The number of aromatic nitrogens is 3. The molecule has 3 aromatic rings. The van der Waals surface area contributed by atoms with E-state index in [0.29, 0.717) is 45.4 Å². The Hall–Kier alpha value is -3.23. The first kappa shape index (κ1) is 30.1. The van der Waals surface area contributed by atoms with Crippen LogP contribution in [0.3, 0.4) is 0 Å². The smallest absolute Gasteiger partial charge is 0.418 e. The number of likely N-dealkylation sites (N-methyl/N-ethyl adjacent to an activating group) is 1. The van der Waals surface area contributed by atoms with Crippen molar-refractivity contribution in [1.82, 2.24) is 19.9 Å². The summed E-state index contributed by atoms with van der Waals surface area (Å²) in [5.74, 6) is -0.968. The predicted molar refractivity (Wildman–Crippen MR) is 159 cm³/mol. The highest BCUT2D eigenvalue weighted by molar-refractivity contribution is 6.32. The Morgan fingerprint density at radius 3 is 2.59 bits per heavy atom. The molecule has 1 aromatic carbocycles. The zero-order valence-electron chi connectivity index (χ0n) is 25.0. The zero-order chi connectivity index (χ0) is 32.2. The van der Waals surface area contributed by atoms with Gasteiger partial charge in [-0.2, -0.15) is 23.1 Å².